The van der Waals surface area contributed by atoms with Gasteiger partial charge in [0.15, 0.2) is 5.11 Å². The van der Waals surface area contributed by atoms with Crippen molar-refractivity contribution in [1.29, 1.82) is 0 Å². The summed E-state index contributed by atoms with van der Waals surface area (Å²) in [7, 11) is 0. The third kappa shape index (κ3) is 5.71. The van der Waals surface area contributed by atoms with Gasteiger partial charge in [0.1, 0.15) is 0 Å². The molecule has 0 bridgehead atoms. The first-order chi connectivity index (χ1) is 7.99. The van der Waals surface area contributed by atoms with Crippen LogP contribution in [0, 0.1) is 11.8 Å². The first kappa shape index (κ1) is 14.7. The highest BCUT2D eigenvalue weighted by Crippen LogP contribution is 2.18. The molecule has 3 heteroatoms. The largest absolute Gasteiger partial charge is 0.360 e. The number of nitrogens with one attached hydrogen (secondary N) is 1. The van der Waals surface area contributed by atoms with Crippen LogP contribution in [0.4, 0.5) is 0 Å². The lowest BCUT2D eigenvalue weighted by Gasteiger charge is -2.30. The summed E-state index contributed by atoms with van der Waals surface area (Å²) in [5, 5.41) is 4.52. The van der Waals surface area contributed by atoms with Crippen molar-refractivity contribution in [2.75, 3.05) is 13.1 Å². The molecular formula is C14H28N2S. The van der Waals surface area contributed by atoms with Crippen LogP contribution in [-0.2, 0) is 0 Å². The fraction of sp³-hybridized carbons (Fsp3) is 0.929. The summed E-state index contributed by atoms with van der Waals surface area (Å²) >= 11 is 5.56. The van der Waals surface area contributed by atoms with E-state index in [-0.39, 0.29) is 0 Å². The summed E-state index contributed by atoms with van der Waals surface area (Å²) in [4.78, 5) is 2.35. The maximum absolute atomic E-state index is 5.56. The molecule has 100 valence electrons. The number of rotatable bonds is 5. The molecule has 0 aliphatic heterocycles. The van der Waals surface area contributed by atoms with Gasteiger partial charge in [-0.2, -0.15) is 0 Å². The van der Waals surface area contributed by atoms with Gasteiger partial charge in [0.2, 0.25) is 0 Å². The Morgan fingerprint density at radius 2 is 1.59 bits per heavy atom. The van der Waals surface area contributed by atoms with Crippen LogP contribution in [0.3, 0.4) is 0 Å². The molecule has 1 N–H and O–H groups in total. The van der Waals surface area contributed by atoms with Gasteiger partial charge >= 0.3 is 0 Å². The molecule has 1 aliphatic carbocycles. The summed E-state index contributed by atoms with van der Waals surface area (Å²) < 4.78 is 0. The minimum Gasteiger partial charge on any atom is -0.360 e. The smallest absolute Gasteiger partial charge is 0.169 e. The number of hydrogen-bond acceptors (Lipinski definition) is 1. The molecule has 0 saturated heterocycles. The third-order valence-electron chi connectivity index (χ3n) is 3.14. The van der Waals surface area contributed by atoms with E-state index in [9.17, 15) is 0 Å². The number of nitrogens with zero attached hydrogens (tertiary/aromatic N) is 1. The van der Waals surface area contributed by atoms with Gasteiger partial charge in [0, 0.05) is 19.1 Å². The lowest BCUT2D eigenvalue weighted by Crippen LogP contribution is -2.46. The van der Waals surface area contributed by atoms with Crippen molar-refractivity contribution in [2.45, 2.75) is 59.4 Å². The molecule has 0 spiro atoms. The van der Waals surface area contributed by atoms with E-state index in [1.165, 1.54) is 25.7 Å². The molecule has 0 aromatic heterocycles. The van der Waals surface area contributed by atoms with Gasteiger partial charge in [-0.25, -0.2) is 0 Å². The Balaban J connectivity index is 2.45. The topological polar surface area (TPSA) is 15.3 Å². The van der Waals surface area contributed by atoms with Gasteiger partial charge in [-0.1, -0.05) is 40.5 Å². The van der Waals surface area contributed by atoms with Gasteiger partial charge in [-0.05, 0) is 36.9 Å². The molecule has 0 aromatic carbocycles. The van der Waals surface area contributed by atoms with E-state index in [1.807, 2.05) is 0 Å². The van der Waals surface area contributed by atoms with E-state index in [0.29, 0.717) is 17.9 Å². The Bertz CT molecular complexity index is 222. The minimum atomic E-state index is 0.629. The standard InChI is InChI=1S/C14H28N2S/c1-11(2)9-16(10-12(3)4)14(17)15-13-7-5-6-8-13/h11-13H,5-10H2,1-4H3,(H,15,17). The van der Waals surface area contributed by atoms with Crippen molar-refractivity contribution in [1.82, 2.24) is 10.2 Å². The third-order valence-corrected chi connectivity index (χ3v) is 3.52. The summed E-state index contributed by atoms with van der Waals surface area (Å²) in [5.41, 5.74) is 0. The maximum atomic E-state index is 5.56. The van der Waals surface area contributed by atoms with Crippen LogP contribution in [0.2, 0.25) is 0 Å². The van der Waals surface area contributed by atoms with Crippen LogP contribution in [0.1, 0.15) is 53.4 Å². The second-order valence-corrected chi connectivity index (χ2v) is 6.51. The summed E-state index contributed by atoms with van der Waals surface area (Å²) in [5.74, 6) is 1.33. The summed E-state index contributed by atoms with van der Waals surface area (Å²) in [6.07, 6.45) is 5.29. The SMILES string of the molecule is CC(C)CN(CC(C)C)C(=S)NC1CCCC1. The quantitative estimate of drug-likeness (QED) is 0.759. The van der Waals surface area contributed by atoms with E-state index in [1.54, 1.807) is 0 Å². The van der Waals surface area contributed by atoms with Crippen LogP contribution in [0.15, 0.2) is 0 Å². The van der Waals surface area contributed by atoms with Gasteiger partial charge in [-0.15, -0.1) is 0 Å². The van der Waals surface area contributed by atoms with Crippen LogP contribution in [-0.4, -0.2) is 29.1 Å². The predicted octanol–water partition coefficient (Wildman–Crippen LogP) is 3.42. The molecule has 0 aromatic rings. The zero-order valence-corrected chi connectivity index (χ0v) is 12.6. The highest BCUT2D eigenvalue weighted by atomic mass is 32.1. The van der Waals surface area contributed by atoms with Crippen LogP contribution >= 0.6 is 12.2 Å². The van der Waals surface area contributed by atoms with Crippen molar-refractivity contribution in [2.24, 2.45) is 11.8 Å². The van der Waals surface area contributed by atoms with Crippen LogP contribution in [0.5, 0.6) is 0 Å². The lowest BCUT2D eigenvalue weighted by molar-refractivity contribution is 0.320. The Hall–Kier alpha value is -0.310. The van der Waals surface area contributed by atoms with Crippen molar-refractivity contribution < 1.29 is 0 Å². The number of hydrogen-bond donors (Lipinski definition) is 1. The van der Waals surface area contributed by atoms with Crippen LogP contribution < -0.4 is 5.32 Å². The fourth-order valence-electron chi connectivity index (χ4n) is 2.46. The van der Waals surface area contributed by atoms with Crippen molar-refractivity contribution in [3.63, 3.8) is 0 Å². The maximum Gasteiger partial charge on any atom is 0.169 e. The average molecular weight is 256 g/mol. The first-order valence-corrected chi connectivity index (χ1v) is 7.45. The van der Waals surface area contributed by atoms with E-state index in [2.05, 4.69) is 37.9 Å². The van der Waals surface area contributed by atoms with Crippen molar-refractivity contribution in [3.8, 4) is 0 Å². The normalized spacial score (nSPS) is 16.8. The molecule has 1 saturated carbocycles. The second kappa shape index (κ2) is 7.20. The van der Waals surface area contributed by atoms with Crippen molar-refractivity contribution in [3.05, 3.63) is 0 Å². The van der Waals surface area contributed by atoms with Gasteiger partial charge in [-0.3, -0.25) is 0 Å². The minimum absolute atomic E-state index is 0.629. The summed E-state index contributed by atoms with van der Waals surface area (Å²) in [6.45, 7) is 11.2. The highest BCUT2D eigenvalue weighted by molar-refractivity contribution is 7.80. The average Bonchev–Trinajstić information content (AvgIpc) is 2.67. The molecule has 1 aliphatic rings. The van der Waals surface area contributed by atoms with Gasteiger partial charge in [0.25, 0.3) is 0 Å². The molecular weight excluding hydrogens is 228 g/mol. The molecule has 0 heterocycles. The molecule has 1 rings (SSSR count). The Labute approximate surface area is 112 Å². The van der Waals surface area contributed by atoms with Crippen LogP contribution in [0.25, 0.3) is 0 Å². The Morgan fingerprint density at radius 3 is 2.00 bits per heavy atom. The van der Waals surface area contributed by atoms with Gasteiger partial charge < -0.3 is 10.2 Å². The van der Waals surface area contributed by atoms with E-state index in [4.69, 9.17) is 12.2 Å². The molecule has 0 radical (unpaired) electrons. The zero-order chi connectivity index (χ0) is 12.8. The molecule has 0 amide bonds. The second-order valence-electron chi connectivity index (χ2n) is 6.12. The van der Waals surface area contributed by atoms with Crippen molar-refractivity contribution >= 4 is 17.3 Å². The van der Waals surface area contributed by atoms with Gasteiger partial charge in [0.05, 0.1) is 0 Å². The molecule has 0 unspecified atom stereocenters. The molecule has 1 fully saturated rings. The Kier molecular flexibility index (Phi) is 6.24. The zero-order valence-electron chi connectivity index (χ0n) is 11.8. The number of thiocarbonyl (C=S) groups is 1. The predicted molar refractivity (Wildman–Crippen MR) is 79.2 cm³/mol. The van der Waals surface area contributed by atoms with E-state index in [0.717, 1.165) is 18.2 Å². The molecule has 2 nitrogen and oxygen atoms in total. The highest BCUT2D eigenvalue weighted by Gasteiger charge is 2.19. The molecule has 17 heavy (non-hydrogen) atoms. The van der Waals surface area contributed by atoms with E-state index >= 15 is 0 Å². The summed E-state index contributed by atoms with van der Waals surface area (Å²) in [6, 6.07) is 0.629. The Morgan fingerprint density at radius 1 is 1.12 bits per heavy atom. The van der Waals surface area contributed by atoms with E-state index < -0.39 is 0 Å². The lowest BCUT2D eigenvalue weighted by atomic mass is 10.1. The monoisotopic (exact) mass is 256 g/mol. The molecule has 0 atom stereocenters. The first-order valence-electron chi connectivity index (χ1n) is 7.04. The fourth-order valence-corrected chi connectivity index (χ4v) is 2.77.